The van der Waals surface area contributed by atoms with E-state index in [0.717, 1.165) is 28.2 Å². The largest absolute Gasteiger partial charge is 0.483 e. The Kier molecular flexibility index (Phi) is 7.36. The van der Waals surface area contributed by atoms with Gasteiger partial charge in [0.05, 0.1) is 12.2 Å². The van der Waals surface area contributed by atoms with Crippen molar-refractivity contribution in [1.29, 1.82) is 0 Å². The van der Waals surface area contributed by atoms with E-state index in [1.165, 1.54) is 6.33 Å². The number of nitrogens with one attached hydrogen (secondary N) is 2. The predicted molar refractivity (Wildman–Crippen MR) is 118 cm³/mol. The minimum absolute atomic E-state index is 0.0460. The Labute approximate surface area is 190 Å². The number of hydrogen-bond donors (Lipinski definition) is 3. The fourth-order valence-corrected chi connectivity index (χ4v) is 3.96. The van der Waals surface area contributed by atoms with E-state index in [9.17, 15) is 9.59 Å². The summed E-state index contributed by atoms with van der Waals surface area (Å²) in [7, 11) is 0. The maximum atomic E-state index is 12.9. The molecule has 1 aliphatic heterocycles. The molecule has 0 aromatic carbocycles. The van der Waals surface area contributed by atoms with Crippen molar-refractivity contribution >= 4 is 24.1 Å². The SMILES string of the molecule is Cc1nc2ncnn2c(C)c1CCC(=O)N1CCc2c(C(=O)NC(C)C)n[nH]c2C1.O=CO. The zero-order chi connectivity index (χ0) is 24.1. The highest BCUT2D eigenvalue weighted by atomic mass is 16.3. The minimum Gasteiger partial charge on any atom is -0.483 e. The number of hydrogen-bond acceptors (Lipinski definition) is 7. The summed E-state index contributed by atoms with van der Waals surface area (Å²) < 4.78 is 1.70. The average molecular weight is 457 g/mol. The number of nitrogens with zero attached hydrogens (tertiary/aromatic N) is 6. The van der Waals surface area contributed by atoms with Crippen molar-refractivity contribution in [3.05, 3.63) is 40.2 Å². The van der Waals surface area contributed by atoms with Crippen LogP contribution in [0.4, 0.5) is 0 Å². The first-order valence-electron chi connectivity index (χ1n) is 10.6. The van der Waals surface area contributed by atoms with Gasteiger partial charge >= 0.3 is 0 Å². The van der Waals surface area contributed by atoms with Gasteiger partial charge in [0, 0.05) is 36.0 Å². The van der Waals surface area contributed by atoms with Crippen LogP contribution in [-0.4, -0.2) is 70.7 Å². The molecular formula is C21H28N8O4. The molecule has 0 radical (unpaired) electrons. The smallest absolute Gasteiger partial charge is 0.290 e. The zero-order valence-electron chi connectivity index (χ0n) is 19.1. The molecule has 2 amide bonds. The van der Waals surface area contributed by atoms with Crippen LogP contribution in [0.2, 0.25) is 0 Å². The topological polar surface area (TPSA) is 158 Å². The van der Waals surface area contributed by atoms with Gasteiger partial charge in [-0.25, -0.2) is 9.50 Å². The van der Waals surface area contributed by atoms with Crippen LogP contribution in [0.25, 0.3) is 5.78 Å². The molecule has 0 bridgehead atoms. The second kappa shape index (κ2) is 10.2. The lowest BCUT2D eigenvalue weighted by atomic mass is 10.0. The van der Waals surface area contributed by atoms with Gasteiger partial charge in [0.2, 0.25) is 5.91 Å². The molecule has 0 saturated heterocycles. The summed E-state index contributed by atoms with van der Waals surface area (Å²) in [5.41, 5.74) is 5.03. The third-order valence-corrected chi connectivity index (χ3v) is 5.50. The molecule has 4 rings (SSSR count). The van der Waals surface area contributed by atoms with Crippen LogP contribution in [0.15, 0.2) is 6.33 Å². The van der Waals surface area contributed by atoms with E-state index < -0.39 is 0 Å². The van der Waals surface area contributed by atoms with Crippen molar-refractivity contribution < 1.29 is 19.5 Å². The number of aromatic amines is 1. The number of aromatic nitrogens is 6. The first-order chi connectivity index (χ1) is 15.8. The molecule has 0 spiro atoms. The Morgan fingerprint density at radius 2 is 2.06 bits per heavy atom. The first kappa shape index (κ1) is 23.8. The van der Waals surface area contributed by atoms with Gasteiger partial charge in [0.15, 0.2) is 5.69 Å². The van der Waals surface area contributed by atoms with Crippen molar-refractivity contribution in [1.82, 2.24) is 40.0 Å². The number of rotatable bonds is 5. The van der Waals surface area contributed by atoms with Gasteiger partial charge < -0.3 is 15.3 Å². The van der Waals surface area contributed by atoms with Gasteiger partial charge in [-0.15, -0.1) is 0 Å². The molecule has 12 nitrogen and oxygen atoms in total. The molecule has 0 aliphatic carbocycles. The summed E-state index contributed by atoms with van der Waals surface area (Å²) in [6, 6.07) is 0.0460. The van der Waals surface area contributed by atoms with E-state index in [1.54, 1.807) is 4.52 Å². The summed E-state index contributed by atoms with van der Waals surface area (Å²) in [6.07, 6.45) is 3.07. The molecule has 4 heterocycles. The standard InChI is InChI=1S/C20H26N8O2.CH2O2/c1-11(2)23-19(30)18-15-7-8-27(9-16(15)25-26-18)17(29)6-5-14-12(3)24-20-21-10-22-28(20)13(14)4;2-1-3/h10-11H,5-9H2,1-4H3,(H,23,30)(H,25,26);1H,(H,2,3). The van der Waals surface area contributed by atoms with Crippen LogP contribution in [0.3, 0.4) is 0 Å². The van der Waals surface area contributed by atoms with Crippen molar-refractivity contribution in [2.45, 2.75) is 59.5 Å². The van der Waals surface area contributed by atoms with Gasteiger partial charge in [-0.1, -0.05) is 0 Å². The Morgan fingerprint density at radius 1 is 1.33 bits per heavy atom. The lowest BCUT2D eigenvalue weighted by Crippen LogP contribution is -2.37. The number of carboxylic acid groups (broad SMARTS) is 1. The number of aryl methyl sites for hydroxylation is 2. The second-order valence-corrected chi connectivity index (χ2v) is 8.06. The summed E-state index contributed by atoms with van der Waals surface area (Å²) in [4.78, 5) is 43.9. The minimum atomic E-state index is -0.250. The van der Waals surface area contributed by atoms with Gasteiger partial charge in [-0.3, -0.25) is 19.5 Å². The fourth-order valence-electron chi connectivity index (χ4n) is 3.96. The number of amides is 2. The number of H-pyrrole nitrogens is 1. The molecule has 3 N–H and O–H groups in total. The van der Waals surface area contributed by atoms with Gasteiger partial charge in [-0.05, 0) is 46.1 Å². The zero-order valence-corrected chi connectivity index (χ0v) is 19.1. The Hall–Kier alpha value is -3.83. The molecule has 0 fully saturated rings. The molecule has 0 saturated carbocycles. The lowest BCUT2D eigenvalue weighted by molar-refractivity contribution is -0.132. The molecule has 1 aliphatic rings. The molecule has 33 heavy (non-hydrogen) atoms. The van der Waals surface area contributed by atoms with Crippen LogP contribution in [0.5, 0.6) is 0 Å². The lowest BCUT2D eigenvalue weighted by Gasteiger charge is -2.27. The third kappa shape index (κ3) is 5.16. The Bertz CT molecular complexity index is 1170. The molecule has 0 atom stereocenters. The van der Waals surface area contributed by atoms with Crippen LogP contribution in [0, 0.1) is 13.8 Å². The van der Waals surface area contributed by atoms with Crippen LogP contribution >= 0.6 is 0 Å². The van der Waals surface area contributed by atoms with Gasteiger partial charge in [-0.2, -0.15) is 15.2 Å². The van der Waals surface area contributed by atoms with E-state index in [1.807, 2.05) is 32.6 Å². The predicted octanol–water partition coefficient (Wildman–Crippen LogP) is 0.821. The quantitative estimate of drug-likeness (QED) is 0.476. The van der Waals surface area contributed by atoms with Crippen molar-refractivity contribution in [3.8, 4) is 0 Å². The molecule has 3 aromatic heterocycles. The average Bonchev–Trinajstić information content (AvgIpc) is 3.40. The van der Waals surface area contributed by atoms with Gasteiger partial charge in [0.25, 0.3) is 18.2 Å². The van der Waals surface area contributed by atoms with Crippen LogP contribution < -0.4 is 5.32 Å². The molecule has 12 heteroatoms. The van der Waals surface area contributed by atoms with E-state index in [-0.39, 0.29) is 24.3 Å². The van der Waals surface area contributed by atoms with Crippen molar-refractivity contribution in [2.24, 2.45) is 0 Å². The monoisotopic (exact) mass is 456 g/mol. The first-order valence-corrected chi connectivity index (χ1v) is 10.6. The number of carbonyl (C=O) groups is 3. The highest BCUT2D eigenvalue weighted by molar-refractivity contribution is 5.94. The normalized spacial score (nSPS) is 12.8. The highest BCUT2D eigenvalue weighted by Gasteiger charge is 2.27. The van der Waals surface area contributed by atoms with Crippen molar-refractivity contribution in [2.75, 3.05) is 6.54 Å². The third-order valence-electron chi connectivity index (χ3n) is 5.50. The molecule has 3 aromatic rings. The van der Waals surface area contributed by atoms with E-state index in [4.69, 9.17) is 9.90 Å². The van der Waals surface area contributed by atoms with E-state index >= 15 is 0 Å². The maximum Gasteiger partial charge on any atom is 0.290 e. The van der Waals surface area contributed by atoms with Gasteiger partial charge in [0.1, 0.15) is 6.33 Å². The van der Waals surface area contributed by atoms with Crippen LogP contribution in [0.1, 0.15) is 59.0 Å². The number of carbonyl (C=O) groups excluding carboxylic acids is 2. The summed E-state index contributed by atoms with van der Waals surface area (Å²) >= 11 is 0. The maximum absolute atomic E-state index is 12.9. The summed E-state index contributed by atoms with van der Waals surface area (Å²) in [6.45, 7) is 8.49. The fraction of sp³-hybridized carbons (Fsp3) is 0.476. The summed E-state index contributed by atoms with van der Waals surface area (Å²) in [5, 5.41) is 21.1. The number of fused-ring (bicyclic) bond motifs is 2. The van der Waals surface area contributed by atoms with Crippen LogP contribution in [-0.2, 0) is 29.0 Å². The molecule has 176 valence electrons. The van der Waals surface area contributed by atoms with E-state index in [0.29, 0.717) is 43.8 Å². The molecular weight excluding hydrogens is 428 g/mol. The van der Waals surface area contributed by atoms with E-state index in [2.05, 4.69) is 30.6 Å². The Morgan fingerprint density at radius 3 is 2.76 bits per heavy atom. The second-order valence-electron chi connectivity index (χ2n) is 8.06. The van der Waals surface area contributed by atoms with Crippen molar-refractivity contribution in [3.63, 3.8) is 0 Å². The summed E-state index contributed by atoms with van der Waals surface area (Å²) in [5.74, 6) is 0.463. The highest BCUT2D eigenvalue weighted by Crippen LogP contribution is 2.22. The molecule has 0 unspecified atom stereocenters. The Balaban J connectivity index is 0.000000968.